The Bertz CT molecular complexity index is 878. The Kier molecular flexibility index (Phi) is 6.56. The Hall–Kier alpha value is -3.26. The molecule has 0 aromatic heterocycles. The first-order valence-corrected chi connectivity index (χ1v) is 9.27. The molecule has 1 heterocycles. The first-order valence-electron chi connectivity index (χ1n) is 9.27. The number of fused-ring (bicyclic) bond motifs is 1. The smallest absolute Gasteiger partial charge is 0.323 e. The van der Waals surface area contributed by atoms with Crippen LogP contribution in [-0.4, -0.2) is 46.4 Å². The van der Waals surface area contributed by atoms with E-state index in [1.165, 1.54) is 7.11 Å². The fourth-order valence-corrected chi connectivity index (χ4v) is 3.29. The summed E-state index contributed by atoms with van der Waals surface area (Å²) in [5.41, 5.74) is 3.00. The van der Waals surface area contributed by atoms with E-state index in [2.05, 4.69) is 10.6 Å². The summed E-state index contributed by atoms with van der Waals surface area (Å²) in [5, 5.41) is 5.57. The van der Waals surface area contributed by atoms with E-state index in [9.17, 15) is 9.59 Å². The largest absolute Gasteiger partial charge is 0.497 e. The van der Waals surface area contributed by atoms with Gasteiger partial charge < -0.3 is 29.7 Å². The number of aryl methyl sites for hydroxylation is 1. The van der Waals surface area contributed by atoms with Crippen molar-refractivity contribution in [3.63, 3.8) is 0 Å². The van der Waals surface area contributed by atoms with Crippen LogP contribution < -0.4 is 25.0 Å². The molecule has 0 spiro atoms. The van der Waals surface area contributed by atoms with Gasteiger partial charge in [0, 0.05) is 48.9 Å². The van der Waals surface area contributed by atoms with Crippen LogP contribution in [0.3, 0.4) is 0 Å². The van der Waals surface area contributed by atoms with Gasteiger partial charge in [-0.3, -0.25) is 4.79 Å². The average molecular weight is 399 g/mol. The predicted octanol–water partition coefficient (Wildman–Crippen LogP) is 3.27. The highest BCUT2D eigenvalue weighted by molar-refractivity contribution is 6.01. The van der Waals surface area contributed by atoms with Crippen LogP contribution in [0.1, 0.15) is 12.0 Å². The topological polar surface area (TPSA) is 89.1 Å². The van der Waals surface area contributed by atoms with E-state index in [-0.39, 0.29) is 12.5 Å². The number of benzene rings is 2. The highest BCUT2D eigenvalue weighted by Gasteiger charge is 2.23. The fraction of sp³-hybridized carbons (Fsp3) is 0.333. The molecule has 0 saturated heterocycles. The van der Waals surface area contributed by atoms with E-state index >= 15 is 0 Å². The van der Waals surface area contributed by atoms with Crippen molar-refractivity contribution in [3.05, 3.63) is 42.0 Å². The predicted molar refractivity (Wildman–Crippen MR) is 111 cm³/mol. The zero-order chi connectivity index (χ0) is 20.8. The molecule has 3 amide bonds. The summed E-state index contributed by atoms with van der Waals surface area (Å²) in [6.45, 7) is 0.656. The molecule has 3 rings (SSSR count). The molecule has 2 aromatic rings. The highest BCUT2D eigenvalue weighted by atomic mass is 16.5. The number of ether oxygens (including phenoxy) is 3. The number of rotatable bonds is 6. The molecule has 0 unspecified atom stereocenters. The second kappa shape index (κ2) is 9.29. The summed E-state index contributed by atoms with van der Waals surface area (Å²) < 4.78 is 15.4. The van der Waals surface area contributed by atoms with Crippen molar-refractivity contribution < 1.29 is 23.8 Å². The molecule has 2 aromatic carbocycles. The van der Waals surface area contributed by atoms with Crippen molar-refractivity contribution in [2.45, 2.75) is 12.8 Å². The van der Waals surface area contributed by atoms with E-state index in [4.69, 9.17) is 14.2 Å². The van der Waals surface area contributed by atoms with Crippen molar-refractivity contribution in [3.8, 4) is 11.5 Å². The molecule has 1 aliphatic rings. The minimum Gasteiger partial charge on any atom is -0.497 e. The summed E-state index contributed by atoms with van der Waals surface area (Å²) in [5.74, 6) is 1.04. The summed E-state index contributed by atoms with van der Waals surface area (Å²) in [6, 6.07) is 10.3. The molecule has 2 N–H and O–H groups in total. The van der Waals surface area contributed by atoms with Crippen LogP contribution in [-0.2, 0) is 16.0 Å². The molecule has 0 aliphatic carbocycles. The standard InChI is InChI=1S/C21H25N3O5/c1-27-13-20(25)24-8-4-5-14-6-7-15(11-19(14)24)22-21(26)23-16-9-17(28-2)12-18(10-16)29-3/h6-7,9-12H,4-5,8,13H2,1-3H3,(H2,22,23,26). The summed E-state index contributed by atoms with van der Waals surface area (Å²) in [6.07, 6.45) is 1.79. The molecule has 154 valence electrons. The zero-order valence-electron chi connectivity index (χ0n) is 16.8. The molecule has 0 atom stereocenters. The van der Waals surface area contributed by atoms with Gasteiger partial charge in [-0.1, -0.05) is 6.07 Å². The van der Waals surface area contributed by atoms with Gasteiger partial charge >= 0.3 is 6.03 Å². The quantitative estimate of drug-likeness (QED) is 0.778. The Balaban J connectivity index is 1.75. The number of hydrogen-bond donors (Lipinski definition) is 2. The maximum Gasteiger partial charge on any atom is 0.323 e. The molecule has 0 radical (unpaired) electrons. The monoisotopic (exact) mass is 399 g/mol. The maximum atomic E-state index is 12.5. The van der Waals surface area contributed by atoms with Gasteiger partial charge in [0.2, 0.25) is 0 Å². The summed E-state index contributed by atoms with van der Waals surface area (Å²) in [7, 11) is 4.59. The van der Waals surface area contributed by atoms with Crippen LogP contribution in [0.25, 0.3) is 0 Å². The first kappa shape index (κ1) is 20.5. The van der Waals surface area contributed by atoms with Crippen LogP contribution >= 0.6 is 0 Å². The number of hydrogen-bond acceptors (Lipinski definition) is 5. The Morgan fingerprint density at radius 1 is 0.966 bits per heavy atom. The van der Waals surface area contributed by atoms with E-state index in [1.807, 2.05) is 18.2 Å². The molecule has 0 fully saturated rings. The van der Waals surface area contributed by atoms with Gasteiger partial charge in [-0.2, -0.15) is 0 Å². The number of amides is 3. The minimum atomic E-state index is -0.411. The van der Waals surface area contributed by atoms with E-state index < -0.39 is 6.03 Å². The van der Waals surface area contributed by atoms with Crippen molar-refractivity contribution in [2.75, 3.05) is 50.0 Å². The van der Waals surface area contributed by atoms with Gasteiger partial charge in [0.1, 0.15) is 18.1 Å². The third-order valence-corrected chi connectivity index (χ3v) is 4.64. The number of urea groups is 1. The van der Waals surface area contributed by atoms with Gasteiger partial charge in [-0.25, -0.2) is 4.79 Å². The number of methoxy groups -OCH3 is 3. The van der Waals surface area contributed by atoms with Crippen LogP contribution in [0.2, 0.25) is 0 Å². The van der Waals surface area contributed by atoms with Crippen LogP contribution in [0.5, 0.6) is 11.5 Å². The molecule has 29 heavy (non-hydrogen) atoms. The number of anilines is 3. The second-order valence-corrected chi connectivity index (χ2v) is 6.61. The number of nitrogens with zero attached hydrogens (tertiary/aromatic N) is 1. The average Bonchev–Trinajstić information content (AvgIpc) is 2.72. The normalized spacial score (nSPS) is 12.7. The van der Waals surface area contributed by atoms with Gasteiger partial charge in [0.15, 0.2) is 0 Å². The Labute approximate surface area is 169 Å². The lowest BCUT2D eigenvalue weighted by molar-refractivity contribution is -0.122. The second-order valence-electron chi connectivity index (χ2n) is 6.61. The molecule has 1 aliphatic heterocycles. The number of nitrogens with one attached hydrogen (secondary N) is 2. The van der Waals surface area contributed by atoms with Crippen molar-refractivity contribution in [2.24, 2.45) is 0 Å². The lowest BCUT2D eigenvalue weighted by Gasteiger charge is -2.29. The van der Waals surface area contributed by atoms with Crippen molar-refractivity contribution >= 4 is 29.0 Å². The van der Waals surface area contributed by atoms with Crippen molar-refractivity contribution in [1.29, 1.82) is 0 Å². The molecule has 0 saturated carbocycles. The molecule has 8 heteroatoms. The number of carbonyl (C=O) groups is 2. The SMILES string of the molecule is COCC(=O)N1CCCc2ccc(NC(=O)Nc3cc(OC)cc(OC)c3)cc21. The van der Waals surface area contributed by atoms with Gasteiger partial charge in [0.25, 0.3) is 5.91 Å². The van der Waals surface area contributed by atoms with E-state index in [0.29, 0.717) is 29.4 Å². The highest BCUT2D eigenvalue weighted by Crippen LogP contribution is 2.31. The van der Waals surface area contributed by atoms with Crippen LogP contribution in [0, 0.1) is 0 Å². The molecular formula is C21H25N3O5. The number of carbonyl (C=O) groups excluding carboxylic acids is 2. The Morgan fingerprint density at radius 3 is 2.31 bits per heavy atom. The lowest BCUT2D eigenvalue weighted by Crippen LogP contribution is -2.37. The Morgan fingerprint density at radius 2 is 1.66 bits per heavy atom. The maximum absolute atomic E-state index is 12.5. The fourth-order valence-electron chi connectivity index (χ4n) is 3.29. The zero-order valence-corrected chi connectivity index (χ0v) is 16.8. The third-order valence-electron chi connectivity index (χ3n) is 4.64. The first-order chi connectivity index (χ1) is 14.0. The van der Waals surface area contributed by atoms with Crippen LogP contribution in [0.4, 0.5) is 21.9 Å². The molecule has 0 bridgehead atoms. The lowest BCUT2D eigenvalue weighted by atomic mass is 10.0. The van der Waals surface area contributed by atoms with E-state index in [0.717, 1.165) is 24.1 Å². The molecule has 8 nitrogen and oxygen atoms in total. The van der Waals surface area contributed by atoms with Crippen molar-refractivity contribution in [1.82, 2.24) is 0 Å². The third kappa shape index (κ3) is 4.97. The van der Waals surface area contributed by atoms with Gasteiger partial charge in [-0.15, -0.1) is 0 Å². The summed E-state index contributed by atoms with van der Waals surface area (Å²) >= 11 is 0. The van der Waals surface area contributed by atoms with Gasteiger partial charge in [-0.05, 0) is 30.5 Å². The van der Waals surface area contributed by atoms with Gasteiger partial charge in [0.05, 0.1) is 14.2 Å². The summed E-state index contributed by atoms with van der Waals surface area (Å²) in [4.78, 5) is 26.5. The van der Waals surface area contributed by atoms with Crippen LogP contribution in [0.15, 0.2) is 36.4 Å². The van der Waals surface area contributed by atoms with E-state index in [1.54, 1.807) is 37.3 Å². The minimum absolute atomic E-state index is 0.0231. The molecular weight excluding hydrogens is 374 g/mol.